The number of hydrogen-bond donors (Lipinski definition) is 0. The number of hydrogen-bond acceptors (Lipinski definition) is 1. The molecule has 0 aromatic rings. The lowest BCUT2D eigenvalue weighted by Gasteiger charge is -2.28. The molecule has 0 spiro atoms. The smallest absolute Gasteiger partial charge is 0.142 e. The summed E-state index contributed by atoms with van der Waals surface area (Å²) in [5.41, 5.74) is 1.72. The molecule has 0 fully saturated rings. The van der Waals surface area contributed by atoms with Gasteiger partial charge in [0.2, 0.25) is 0 Å². The van der Waals surface area contributed by atoms with Gasteiger partial charge in [0, 0.05) is 0 Å². The van der Waals surface area contributed by atoms with E-state index in [1.54, 1.807) is 6.08 Å². The standard InChI is InChI=1S/C11H16O/c1-11(2)7-3-5-10(9-11)6-4-8-12/h4-6,8H,3,7,9H2,1-2H3. The molecule has 66 valence electrons. The lowest BCUT2D eigenvalue weighted by Crippen LogP contribution is -2.14. The van der Waals surface area contributed by atoms with Crippen LogP contribution in [0.5, 0.6) is 0 Å². The maximum Gasteiger partial charge on any atom is 0.142 e. The summed E-state index contributed by atoms with van der Waals surface area (Å²) in [4.78, 5) is 10.1. The van der Waals surface area contributed by atoms with Crippen LogP contribution in [-0.4, -0.2) is 6.29 Å². The van der Waals surface area contributed by atoms with Crippen LogP contribution in [0.25, 0.3) is 0 Å². The molecule has 0 atom stereocenters. The maximum absolute atomic E-state index is 10.1. The van der Waals surface area contributed by atoms with Crippen LogP contribution in [0.4, 0.5) is 0 Å². The van der Waals surface area contributed by atoms with E-state index in [0.717, 1.165) is 19.1 Å². The predicted octanol–water partition coefficient (Wildman–Crippen LogP) is 2.88. The Labute approximate surface area is 74.2 Å². The van der Waals surface area contributed by atoms with Gasteiger partial charge in [0.1, 0.15) is 6.29 Å². The molecule has 12 heavy (non-hydrogen) atoms. The highest BCUT2D eigenvalue weighted by Crippen LogP contribution is 2.35. The van der Waals surface area contributed by atoms with E-state index < -0.39 is 0 Å². The third-order valence-corrected chi connectivity index (χ3v) is 2.30. The Balaban J connectivity index is 2.61. The molecule has 0 aliphatic heterocycles. The summed E-state index contributed by atoms with van der Waals surface area (Å²) in [6.07, 6.45) is 10.1. The highest BCUT2D eigenvalue weighted by Gasteiger charge is 2.21. The zero-order valence-electron chi connectivity index (χ0n) is 7.84. The normalized spacial score (nSPS) is 22.3. The molecule has 1 aliphatic carbocycles. The summed E-state index contributed by atoms with van der Waals surface area (Å²) < 4.78 is 0. The van der Waals surface area contributed by atoms with Gasteiger partial charge in [-0.3, -0.25) is 4.79 Å². The van der Waals surface area contributed by atoms with Gasteiger partial charge < -0.3 is 0 Å². The molecule has 1 aliphatic rings. The molecular formula is C11H16O. The van der Waals surface area contributed by atoms with Crippen LogP contribution in [-0.2, 0) is 4.79 Å². The topological polar surface area (TPSA) is 17.1 Å². The lowest BCUT2D eigenvalue weighted by molar-refractivity contribution is -0.104. The fourth-order valence-corrected chi connectivity index (χ4v) is 1.65. The molecule has 1 rings (SSSR count). The molecule has 0 aromatic carbocycles. The fourth-order valence-electron chi connectivity index (χ4n) is 1.65. The van der Waals surface area contributed by atoms with Gasteiger partial charge in [-0.1, -0.05) is 31.6 Å². The van der Waals surface area contributed by atoms with Crippen LogP contribution in [0.1, 0.15) is 33.1 Å². The third-order valence-electron chi connectivity index (χ3n) is 2.30. The number of rotatable bonds is 2. The average molecular weight is 164 g/mol. The van der Waals surface area contributed by atoms with Gasteiger partial charge in [-0.2, -0.15) is 0 Å². The highest BCUT2D eigenvalue weighted by molar-refractivity contribution is 5.65. The van der Waals surface area contributed by atoms with Crippen molar-refractivity contribution >= 4 is 6.29 Å². The minimum atomic E-state index is 0.414. The Morgan fingerprint density at radius 1 is 1.50 bits per heavy atom. The molecule has 1 heteroatoms. The van der Waals surface area contributed by atoms with Gasteiger partial charge in [-0.05, 0) is 30.8 Å². The third kappa shape index (κ3) is 2.65. The number of aldehydes is 1. The summed E-state index contributed by atoms with van der Waals surface area (Å²) >= 11 is 0. The van der Waals surface area contributed by atoms with Crippen LogP contribution < -0.4 is 0 Å². The van der Waals surface area contributed by atoms with Crippen molar-refractivity contribution in [1.29, 1.82) is 0 Å². The van der Waals surface area contributed by atoms with Gasteiger partial charge >= 0.3 is 0 Å². The van der Waals surface area contributed by atoms with E-state index in [-0.39, 0.29) is 0 Å². The van der Waals surface area contributed by atoms with Crippen molar-refractivity contribution in [1.82, 2.24) is 0 Å². The number of carbonyl (C=O) groups is 1. The number of allylic oxidation sites excluding steroid dienone is 4. The molecule has 0 radical (unpaired) electrons. The Bertz CT molecular complexity index is 221. The first-order valence-electron chi connectivity index (χ1n) is 4.45. The summed E-state index contributed by atoms with van der Waals surface area (Å²) in [6, 6.07) is 0. The Morgan fingerprint density at radius 3 is 2.83 bits per heavy atom. The molecule has 0 heterocycles. The van der Waals surface area contributed by atoms with Crippen LogP contribution >= 0.6 is 0 Å². The first kappa shape index (κ1) is 9.24. The SMILES string of the molecule is CC1(C)CCC=C(C=CC=O)C1. The van der Waals surface area contributed by atoms with E-state index in [4.69, 9.17) is 0 Å². The van der Waals surface area contributed by atoms with E-state index in [0.29, 0.717) is 5.41 Å². The number of carbonyl (C=O) groups excluding carboxylic acids is 1. The Morgan fingerprint density at radius 2 is 2.25 bits per heavy atom. The van der Waals surface area contributed by atoms with E-state index in [2.05, 4.69) is 19.9 Å². The van der Waals surface area contributed by atoms with E-state index in [9.17, 15) is 4.79 Å². The molecule has 0 N–H and O–H groups in total. The van der Waals surface area contributed by atoms with E-state index >= 15 is 0 Å². The second kappa shape index (κ2) is 3.70. The van der Waals surface area contributed by atoms with Crippen LogP contribution in [0.2, 0.25) is 0 Å². The van der Waals surface area contributed by atoms with E-state index in [1.807, 2.05) is 6.08 Å². The first-order valence-corrected chi connectivity index (χ1v) is 4.45. The largest absolute Gasteiger partial charge is 0.299 e. The predicted molar refractivity (Wildman–Crippen MR) is 50.9 cm³/mol. The van der Waals surface area contributed by atoms with Crippen molar-refractivity contribution in [2.45, 2.75) is 33.1 Å². The van der Waals surface area contributed by atoms with Crippen molar-refractivity contribution in [2.24, 2.45) is 5.41 Å². The zero-order chi connectivity index (χ0) is 9.03. The van der Waals surface area contributed by atoms with Crippen molar-refractivity contribution in [3.8, 4) is 0 Å². The summed E-state index contributed by atoms with van der Waals surface area (Å²) in [6.45, 7) is 4.55. The van der Waals surface area contributed by atoms with Crippen molar-refractivity contribution in [3.63, 3.8) is 0 Å². The second-order valence-corrected chi connectivity index (χ2v) is 4.15. The Hall–Kier alpha value is -0.850. The quantitative estimate of drug-likeness (QED) is 0.453. The summed E-state index contributed by atoms with van der Waals surface area (Å²) in [5, 5.41) is 0. The van der Waals surface area contributed by atoms with Gasteiger partial charge in [-0.15, -0.1) is 0 Å². The minimum Gasteiger partial charge on any atom is -0.299 e. The fraction of sp³-hybridized carbons (Fsp3) is 0.545. The van der Waals surface area contributed by atoms with Gasteiger partial charge in [0.15, 0.2) is 0 Å². The van der Waals surface area contributed by atoms with Crippen molar-refractivity contribution < 1.29 is 4.79 Å². The second-order valence-electron chi connectivity index (χ2n) is 4.15. The van der Waals surface area contributed by atoms with Gasteiger partial charge in [-0.25, -0.2) is 0 Å². The lowest BCUT2D eigenvalue weighted by atomic mass is 9.77. The molecule has 0 unspecified atom stereocenters. The first-order chi connectivity index (χ1) is 5.64. The molecule has 1 nitrogen and oxygen atoms in total. The zero-order valence-corrected chi connectivity index (χ0v) is 7.84. The van der Waals surface area contributed by atoms with Crippen LogP contribution in [0, 0.1) is 5.41 Å². The van der Waals surface area contributed by atoms with Crippen molar-refractivity contribution in [2.75, 3.05) is 0 Å². The van der Waals surface area contributed by atoms with Gasteiger partial charge in [0.25, 0.3) is 0 Å². The molecule has 0 saturated carbocycles. The molecule has 0 aromatic heterocycles. The van der Waals surface area contributed by atoms with Gasteiger partial charge in [0.05, 0.1) is 0 Å². The van der Waals surface area contributed by atoms with Crippen molar-refractivity contribution in [3.05, 3.63) is 23.8 Å². The highest BCUT2D eigenvalue weighted by atomic mass is 16.1. The summed E-state index contributed by atoms with van der Waals surface area (Å²) in [5.74, 6) is 0. The summed E-state index contributed by atoms with van der Waals surface area (Å²) in [7, 11) is 0. The average Bonchev–Trinajstić information content (AvgIpc) is 1.99. The molecule has 0 saturated heterocycles. The monoisotopic (exact) mass is 164 g/mol. The van der Waals surface area contributed by atoms with E-state index in [1.165, 1.54) is 12.0 Å². The Kier molecular flexibility index (Phi) is 2.85. The minimum absolute atomic E-state index is 0.414. The molecule has 0 bridgehead atoms. The van der Waals surface area contributed by atoms with Crippen LogP contribution in [0.15, 0.2) is 23.8 Å². The molecular weight excluding hydrogens is 148 g/mol. The molecule has 0 amide bonds. The maximum atomic E-state index is 10.1. The van der Waals surface area contributed by atoms with Crippen LogP contribution in [0.3, 0.4) is 0 Å².